The van der Waals surface area contributed by atoms with E-state index in [9.17, 15) is 4.79 Å². The molecule has 0 saturated carbocycles. The van der Waals surface area contributed by atoms with Crippen LogP contribution in [0.2, 0.25) is 0 Å². The normalized spacial score (nSPS) is 17.9. The molecule has 4 heteroatoms. The minimum atomic E-state index is -0.00945. The van der Waals surface area contributed by atoms with E-state index in [4.69, 9.17) is 0 Å². The SMILES string of the molecule is CCc1ccc([C@@H]2CC(c3ccsc3)=NN2C(C)=O)cc1. The Morgan fingerprint density at radius 1 is 1.33 bits per heavy atom. The van der Waals surface area contributed by atoms with Crippen molar-refractivity contribution in [2.75, 3.05) is 0 Å². The van der Waals surface area contributed by atoms with E-state index in [2.05, 4.69) is 47.7 Å². The van der Waals surface area contributed by atoms with Crippen LogP contribution in [0, 0.1) is 0 Å². The van der Waals surface area contributed by atoms with Gasteiger partial charge in [0.15, 0.2) is 0 Å². The molecule has 1 atom stereocenters. The zero-order valence-corrected chi connectivity index (χ0v) is 13.1. The maximum atomic E-state index is 11.9. The molecule has 2 heterocycles. The Balaban J connectivity index is 1.90. The number of amides is 1. The number of carbonyl (C=O) groups is 1. The van der Waals surface area contributed by atoms with Crippen molar-refractivity contribution in [3.05, 3.63) is 57.8 Å². The van der Waals surface area contributed by atoms with Crippen molar-refractivity contribution in [2.45, 2.75) is 32.7 Å². The Morgan fingerprint density at radius 3 is 2.67 bits per heavy atom. The van der Waals surface area contributed by atoms with E-state index in [1.807, 2.05) is 5.38 Å². The highest BCUT2D eigenvalue weighted by Gasteiger charge is 2.31. The van der Waals surface area contributed by atoms with E-state index in [0.29, 0.717) is 0 Å². The summed E-state index contributed by atoms with van der Waals surface area (Å²) < 4.78 is 0. The maximum Gasteiger partial charge on any atom is 0.240 e. The number of nitrogens with zero attached hydrogens (tertiary/aromatic N) is 2. The predicted molar refractivity (Wildman–Crippen MR) is 86.6 cm³/mol. The number of hydrogen-bond acceptors (Lipinski definition) is 3. The van der Waals surface area contributed by atoms with Crippen molar-refractivity contribution in [1.29, 1.82) is 0 Å². The Labute approximate surface area is 128 Å². The topological polar surface area (TPSA) is 32.7 Å². The molecule has 1 aromatic heterocycles. The number of thiophene rings is 1. The van der Waals surface area contributed by atoms with Crippen molar-refractivity contribution in [3.8, 4) is 0 Å². The van der Waals surface area contributed by atoms with Gasteiger partial charge < -0.3 is 0 Å². The molecule has 0 N–H and O–H groups in total. The first-order valence-electron chi connectivity index (χ1n) is 7.17. The van der Waals surface area contributed by atoms with Crippen LogP contribution in [-0.2, 0) is 11.2 Å². The minimum Gasteiger partial charge on any atom is -0.273 e. The molecule has 2 aromatic rings. The monoisotopic (exact) mass is 298 g/mol. The van der Waals surface area contributed by atoms with Gasteiger partial charge in [-0.2, -0.15) is 16.4 Å². The standard InChI is InChI=1S/C17H18N2OS/c1-3-13-4-6-14(7-5-13)17-10-16(15-8-9-21-11-15)18-19(17)12(2)20/h4-9,11,17H,3,10H2,1-2H3/t17-/m0/s1. The molecule has 1 aromatic carbocycles. The third-order valence-electron chi connectivity index (χ3n) is 3.86. The first-order valence-corrected chi connectivity index (χ1v) is 8.12. The number of carbonyl (C=O) groups excluding carboxylic acids is 1. The lowest BCUT2D eigenvalue weighted by molar-refractivity contribution is -0.130. The molecule has 0 radical (unpaired) electrons. The van der Waals surface area contributed by atoms with Crippen molar-refractivity contribution >= 4 is 23.0 Å². The predicted octanol–water partition coefficient (Wildman–Crippen LogP) is 4.01. The molecule has 108 valence electrons. The van der Waals surface area contributed by atoms with Gasteiger partial charge in [0.1, 0.15) is 0 Å². The smallest absolute Gasteiger partial charge is 0.240 e. The van der Waals surface area contributed by atoms with E-state index in [0.717, 1.165) is 29.7 Å². The van der Waals surface area contributed by atoms with Gasteiger partial charge in [-0.15, -0.1) is 0 Å². The highest BCUT2D eigenvalue weighted by Crippen LogP contribution is 2.33. The molecule has 0 unspecified atom stereocenters. The third-order valence-corrected chi connectivity index (χ3v) is 4.54. The van der Waals surface area contributed by atoms with Gasteiger partial charge in [0.05, 0.1) is 11.8 Å². The summed E-state index contributed by atoms with van der Waals surface area (Å²) >= 11 is 1.65. The molecule has 0 fully saturated rings. The number of hydrogen-bond donors (Lipinski definition) is 0. The summed E-state index contributed by atoms with van der Waals surface area (Å²) in [7, 11) is 0. The van der Waals surface area contributed by atoms with Gasteiger partial charge in [-0.3, -0.25) is 4.79 Å². The maximum absolute atomic E-state index is 11.9. The van der Waals surface area contributed by atoms with Crippen LogP contribution in [0.5, 0.6) is 0 Å². The van der Waals surface area contributed by atoms with Crippen LogP contribution < -0.4 is 0 Å². The lowest BCUT2D eigenvalue weighted by Gasteiger charge is -2.20. The Morgan fingerprint density at radius 2 is 2.10 bits per heavy atom. The van der Waals surface area contributed by atoms with Crippen molar-refractivity contribution in [3.63, 3.8) is 0 Å². The summed E-state index contributed by atoms with van der Waals surface area (Å²) in [6, 6.07) is 10.6. The lowest BCUT2D eigenvalue weighted by Crippen LogP contribution is -2.24. The van der Waals surface area contributed by atoms with Crippen LogP contribution in [0.4, 0.5) is 0 Å². The highest BCUT2D eigenvalue weighted by atomic mass is 32.1. The quantitative estimate of drug-likeness (QED) is 0.842. The van der Waals surface area contributed by atoms with Gasteiger partial charge >= 0.3 is 0 Å². The summed E-state index contributed by atoms with van der Waals surface area (Å²) in [5, 5.41) is 10.3. The summed E-state index contributed by atoms with van der Waals surface area (Å²) in [5.74, 6) is -0.00945. The molecule has 3 rings (SSSR count). The average molecular weight is 298 g/mol. The Hall–Kier alpha value is -1.94. The average Bonchev–Trinajstić information content (AvgIpc) is 3.16. The summed E-state index contributed by atoms with van der Waals surface area (Å²) in [6.07, 6.45) is 1.81. The van der Waals surface area contributed by atoms with E-state index in [1.54, 1.807) is 23.3 Å². The van der Waals surface area contributed by atoms with Crippen LogP contribution in [0.25, 0.3) is 0 Å². The van der Waals surface area contributed by atoms with Gasteiger partial charge in [0.2, 0.25) is 5.91 Å². The number of rotatable bonds is 3. The molecule has 1 aliphatic rings. The summed E-state index contributed by atoms with van der Waals surface area (Å²) in [6.45, 7) is 3.72. The fourth-order valence-electron chi connectivity index (χ4n) is 2.64. The van der Waals surface area contributed by atoms with Crippen LogP contribution in [0.1, 0.15) is 43.0 Å². The van der Waals surface area contributed by atoms with Gasteiger partial charge in [0, 0.05) is 18.9 Å². The number of benzene rings is 1. The van der Waals surface area contributed by atoms with Crippen molar-refractivity contribution in [2.24, 2.45) is 5.10 Å². The zero-order chi connectivity index (χ0) is 14.8. The molecule has 0 bridgehead atoms. The Bertz CT molecular complexity index is 659. The molecular formula is C17H18N2OS. The van der Waals surface area contributed by atoms with Crippen molar-refractivity contribution in [1.82, 2.24) is 5.01 Å². The van der Waals surface area contributed by atoms with Crippen LogP contribution in [0.15, 0.2) is 46.2 Å². The minimum absolute atomic E-state index is 0.00945. The van der Waals surface area contributed by atoms with E-state index in [-0.39, 0.29) is 11.9 Å². The van der Waals surface area contributed by atoms with Gasteiger partial charge in [-0.25, -0.2) is 5.01 Å². The zero-order valence-electron chi connectivity index (χ0n) is 12.2. The molecule has 1 aliphatic heterocycles. The molecular weight excluding hydrogens is 280 g/mol. The molecule has 21 heavy (non-hydrogen) atoms. The van der Waals surface area contributed by atoms with Crippen LogP contribution in [-0.4, -0.2) is 16.6 Å². The molecule has 1 amide bonds. The largest absolute Gasteiger partial charge is 0.273 e. The second-order valence-electron chi connectivity index (χ2n) is 5.24. The Kier molecular flexibility index (Phi) is 3.88. The molecule has 0 spiro atoms. The fourth-order valence-corrected chi connectivity index (χ4v) is 3.30. The van der Waals surface area contributed by atoms with Crippen LogP contribution in [0.3, 0.4) is 0 Å². The summed E-state index contributed by atoms with van der Waals surface area (Å²) in [5.41, 5.74) is 4.58. The van der Waals surface area contributed by atoms with E-state index in [1.165, 1.54) is 5.56 Å². The molecule has 0 saturated heterocycles. The second kappa shape index (κ2) is 5.82. The van der Waals surface area contributed by atoms with Gasteiger partial charge in [0.25, 0.3) is 0 Å². The van der Waals surface area contributed by atoms with E-state index < -0.39 is 0 Å². The van der Waals surface area contributed by atoms with Gasteiger partial charge in [-0.05, 0) is 34.4 Å². The highest BCUT2D eigenvalue weighted by molar-refractivity contribution is 7.08. The summed E-state index contributed by atoms with van der Waals surface area (Å²) in [4.78, 5) is 11.9. The first kappa shape index (κ1) is 14.0. The van der Waals surface area contributed by atoms with E-state index >= 15 is 0 Å². The number of aryl methyl sites for hydroxylation is 1. The lowest BCUT2D eigenvalue weighted by atomic mass is 9.98. The third kappa shape index (κ3) is 2.76. The first-order chi connectivity index (χ1) is 10.2. The fraction of sp³-hybridized carbons (Fsp3) is 0.294. The molecule has 3 nitrogen and oxygen atoms in total. The van der Waals surface area contributed by atoms with Gasteiger partial charge in [-0.1, -0.05) is 31.2 Å². The second-order valence-corrected chi connectivity index (χ2v) is 6.02. The molecule has 0 aliphatic carbocycles. The van der Waals surface area contributed by atoms with Crippen molar-refractivity contribution < 1.29 is 4.79 Å². The van der Waals surface area contributed by atoms with Crippen LogP contribution >= 0.6 is 11.3 Å². The number of hydrazone groups is 1.